The largest absolute Gasteiger partial charge is 0.445 e. The smallest absolute Gasteiger partial charge is 0.289 e. The van der Waals surface area contributed by atoms with Crippen LogP contribution in [0.3, 0.4) is 0 Å². The maximum absolute atomic E-state index is 12.4. The van der Waals surface area contributed by atoms with E-state index in [0.29, 0.717) is 25.5 Å². The molecular formula is C16H20N2O4S. The first-order valence-corrected chi connectivity index (χ1v) is 8.77. The van der Waals surface area contributed by atoms with Crippen molar-refractivity contribution in [3.8, 4) is 0 Å². The van der Waals surface area contributed by atoms with Crippen LogP contribution >= 0.6 is 11.8 Å². The molecule has 1 amide bonds. The zero-order valence-corrected chi connectivity index (χ0v) is 14.3. The summed E-state index contributed by atoms with van der Waals surface area (Å²) in [6.07, 6.45) is 2.77. The number of thioether (sulfide) groups is 1. The lowest BCUT2D eigenvalue weighted by Crippen LogP contribution is -2.29. The lowest BCUT2D eigenvalue weighted by molar-refractivity contribution is 0.0422. The number of hydrogen-bond acceptors (Lipinski definition) is 6. The molecule has 0 unspecified atom stereocenters. The molecule has 7 heteroatoms. The van der Waals surface area contributed by atoms with Gasteiger partial charge in [-0.15, -0.1) is 0 Å². The van der Waals surface area contributed by atoms with Gasteiger partial charge in [0.25, 0.3) is 5.91 Å². The van der Waals surface area contributed by atoms with Crippen LogP contribution in [0.2, 0.25) is 0 Å². The normalized spacial score (nSPS) is 17.9. The summed E-state index contributed by atoms with van der Waals surface area (Å²) < 4.78 is 16.6. The Labute approximate surface area is 139 Å². The summed E-state index contributed by atoms with van der Waals surface area (Å²) in [5, 5.41) is 4.67. The summed E-state index contributed by atoms with van der Waals surface area (Å²) in [7, 11) is 0. The fourth-order valence-corrected chi connectivity index (χ4v) is 3.04. The molecule has 3 heterocycles. The molecular weight excluding hydrogens is 316 g/mol. The van der Waals surface area contributed by atoms with Crippen molar-refractivity contribution in [1.82, 2.24) is 10.1 Å². The van der Waals surface area contributed by atoms with Crippen molar-refractivity contribution < 1.29 is 18.5 Å². The molecule has 2 aromatic rings. The molecule has 0 aromatic carbocycles. The average molecular weight is 336 g/mol. The highest BCUT2D eigenvalue weighted by Crippen LogP contribution is 2.23. The van der Waals surface area contributed by atoms with Crippen LogP contribution in [0.5, 0.6) is 0 Å². The number of carbonyl (C=O) groups is 1. The van der Waals surface area contributed by atoms with Gasteiger partial charge in [0, 0.05) is 18.7 Å². The van der Waals surface area contributed by atoms with E-state index in [4.69, 9.17) is 13.7 Å². The van der Waals surface area contributed by atoms with Crippen LogP contribution in [0.15, 0.2) is 26.2 Å². The Kier molecular flexibility index (Phi) is 4.77. The van der Waals surface area contributed by atoms with Crippen molar-refractivity contribution in [1.29, 1.82) is 0 Å². The van der Waals surface area contributed by atoms with Gasteiger partial charge in [-0.05, 0) is 38.7 Å². The van der Waals surface area contributed by atoms with Crippen LogP contribution in [0, 0.1) is 13.8 Å². The van der Waals surface area contributed by atoms with Gasteiger partial charge in [0.15, 0.2) is 10.9 Å². The number of aryl methyl sites for hydroxylation is 2. The van der Waals surface area contributed by atoms with Crippen LogP contribution < -0.4 is 0 Å². The minimum absolute atomic E-state index is 0.0302. The van der Waals surface area contributed by atoms with Crippen molar-refractivity contribution in [2.24, 2.45) is 0 Å². The van der Waals surface area contributed by atoms with Crippen LogP contribution in [-0.4, -0.2) is 41.4 Å². The summed E-state index contributed by atoms with van der Waals surface area (Å²) in [6, 6.07) is 3.55. The van der Waals surface area contributed by atoms with E-state index < -0.39 is 0 Å². The Hall–Kier alpha value is -1.73. The highest BCUT2D eigenvalue weighted by atomic mass is 32.2. The third-order valence-electron chi connectivity index (χ3n) is 4.07. The lowest BCUT2D eigenvalue weighted by atomic mass is 10.2. The van der Waals surface area contributed by atoms with Crippen molar-refractivity contribution >= 4 is 17.7 Å². The molecule has 0 spiro atoms. The third kappa shape index (κ3) is 3.45. The van der Waals surface area contributed by atoms with Gasteiger partial charge >= 0.3 is 0 Å². The molecule has 1 saturated heterocycles. The molecule has 0 N–H and O–H groups in total. The highest BCUT2D eigenvalue weighted by Gasteiger charge is 2.29. The maximum atomic E-state index is 12.4. The van der Waals surface area contributed by atoms with E-state index in [2.05, 4.69) is 5.16 Å². The summed E-state index contributed by atoms with van der Waals surface area (Å²) in [5.41, 5.74) is 1.85. The Morgan fingerprint density at radius 1 is 1.48 bits per heavy atom. The van der Waals surface area contributed by atoms with Gasteiger partial charge in [-0.25, -0.2) is 0 Å². The van der Waals surface area contributed by atoms with Crippen molar-refractivity contribution in [2.75, 3.05) is 19.3 Å². The number of aromatic nitrogens is 1. The summed E-state index contributed by atoms with van der Waals surface area (Å²) in [5.74, 6) is 1.10. The molecule has 1 aliphatic heterocycles. The Morgan fingerprint density at radius 3 is 2.96 bits per heavy atom. The van der Waals surface area contributed by atoms with E-state index in [1.807, 2.05) is 26.2 Å². The van der Waals surface area contributed by atoms with Crippen LogP contribution in [0.1, 0.15) is 34.0 Å². The molecule has 0 bridgehead atoms. The lowest BCUT2D eigenvalue weighted by Gasteiger charge is -2.15. The van der Waals surface area contributed by atoms with E-state index in [0.717, 1.165) is 28.5 Å². The van der Waals surface area contributed by atoms with Crippen LogP contribution in [0.4, 0.5) is 0 Å². The number of nitrogens with zero attached hydrogens (tertiary/aromatic N) is 2. The highest BCUT2D eigenvalue weighted by molar-refractivity contribution is 7.98. The van der Waals surface area contributed by atoms with Gasteiger partial charge in [-0.2, -0.15) is 0 Å². The molecule has 0 radical (unpaired) electrons. The fraction of sp³-hybridized carbons (Fsp3) is 0.500. The number of amides is 1. The first-order valence-electron chi connectivity index (χ1n) is 7.55. The van der Waals surface area contributed by atoms with E-state index in [-0.39, 0.29) is 12.0 Å². The summed E-state index contributed by atoms with van der Waals surface area (Å²) in [4.78, 5) is 14.2. The van der Waals surface area contributed by atoms with Gasteiger partial charge in [0.05, 0.1) is 18.4 Å². The summed E-state index contributed by atoms with van der Waals surface area (Å²) >= 11 is 1.48. The number of rotatable bonds is 5. The zero-order chi connectivity index (χ0) is 16.4. The molecule has 1 atom stereocenters. The molecule has 1 aliphatic rings. The molecule has 0 saturated carbocycles. The Balaban J connectivity index is 1.55. The quantitative estimate of drug-likeness (QED) is 0.782. The first-order chi connectivity index (χ1) is 11.1. The molecule has 23 heavy (non-hydrogen) atoms. The summed E-state index contributed by atoms with van der Waals surface area (Å²) in [6.45, 7) is 5.51. The van der Waals surface area contributed by atoms with E-state index in [1.54, 1.807) is 11.0 Å². The Morgan fingerprint density at radius 2 is 2.30 bits per heavy atom. The second kappa shape index (κ2) is 6.80. The van der Waals surface area contributed by atoms with E-state index in [1.165, 1.54) is 11.8 Å². The minimum atomic E-state index is -0.0752. The standard InChI is InChI=1S/C16H20N2O4S/c1-10-13(11(2)22-17-10)9-20-12-6-7-18(8-12)16(19)14-4-5-15(21-14)23-3/h4-5,12H,6-9H2,1-3H3/t12-/m1/s1. The molecule has 124 valence electrons. The number of ether oxygens (including phenoxy) is 1. The number of carbonyl (C=O) groups excluding carboxylic acids is 1. The third-order valence-corrected chi connectivity index (χ3v) is 4.69. The predicted octanol–water partition coefficient (Wildman–Crippen LogP) is 3.04. The topological polar surface area (TPSA) is 68.7 Å². The predicted molar refractivity (Wildman–Crippen MR) is 85.6 cm³/mol. The minimum Gasteiger partial charge on any atom is -0.445 e. The molecule has 2 aromatic heterocycles. The van der Waals surface area contributed by atoms with E-state index in [9.17, 15) is 4.79 Å². The number of likely N-dealkylation sites (tertiary alicyclic amines) is 1. The molecule has 6 nitrogen and oxygen atoms in total. The van der Waals surface area contributed by atoms with Gasteiger partial charge in [-0.3, -0.25) is 4.79 Å². The van der Waals surface area contributed by atoms with Gasteiger partial charge in [0.2, 0.25) is 0 Å². The monoisotopic (exact) mass is 336 g/mol. The second-order valence-corrected chi connectivity index (χ2v) is 6.41. The van der Waals surface area contributed by atoms with Gasteiger partial charge in [0.1, 0.15) is 5.76 Å². The first kappa shape index (κ1) is 16.1. The van der Waals surface area contributed by atoms with Crippen molar-refractivity contribution in [3.63, 3.8) is 0 Å². The maximum Gasteiger partial charge on any atom is 0.289 e. The second-order valence-electron chi connectivity index (χ2n) is 5.60. The van der Waals surface area contributed by atoms with Crippen molar-refractivity contribution in [3.05, 3.63) is 34.9 Å². The zero-order valence-electron chi connectivity index (χ0n) is 13.5. The van der Waals surface area contributed by atoms with E-state index >= 15 is 0 Å². The van der Waals surface area contributed by atoms with Gasteiger partial charge < -0.3 is 18.6 Å². The number of furan rings is 1. The van der Waals surface area contributed by atoms with Gasteiger partial charge in [-0.1, -0.05) is 16.9 Å². The molecule has 0 aliphatic carbocycles. The Bertz CT molecular complexity index is 675. The van der Waals surface area contributed by atoms with Crippen LogP contribution in [-0.2, 0) is 11.3 Å². The fourth-order valence-electron chi connectivity index (χ4n) is 2.66. The van der Waals surface area contributed by atoms with Crippen molar-refractivity contribution in [2.45, 2.75) is 38.1 Å². The number of hydrogen-bond donors (Lipinski definition) is 0. The molecule has 1 fully saturated rings. The average Bonchev–Trinajstić information content (AvgIpc) is 3.26. The van der Waals surface area contributed by atoms with Crippen LogP contribution in [0.25, 0.3) is 0 Å². The molecule has 3 rings (SSSR count). The SMILES string of the molecule is CSc1ccc(C(=O)N2CC[C@@H](OCc3c(C)noc3C)C2)o1.